The van der Waals surface area contributed by atoms with Crippen LogP contribution in [-0.2, 0) is 16.0 Å². The lowest BCUT2D eigenvalue weighted by Crippen LogP contribution is -2.06. The first kappa shape index (κ1) is 13.6. The van der Waals surface area contributed by atoms with Crippen molar-refractivity contribution >= 4 is 17.7 Å². The Labute approximate surface area is 116 Å². The van der Waals surface area contributed by atoms with Crippen LogP contribution in [0.25, 0.3) is 5.69 Å². The van der Waals surface area contributed by atoms with E-state index in [1.54, 1.807) is 0 Å². The van der Waals surface area contributed by atoms with Gasteiger partial charge in [-0.15, -0.1) is 10.2 Å². The fraction of sp³-hybridized carbons (Fsp3) is 0.308. The summed E-state index contributed by atoms with van der Waals surface area (Å²) >= 11 is 1.33. The van der Waals surface area contributed by atoms with Crippen molar-refractivity contribution < 1.29 is 9.53 Å². The first-order chi connectivity index (χ1) is 9.26. The molecule has 1 aromatic heterocycles. The highest BCUT2D eigenvalue weighted by atomic mass is 32.2. The highest BCUT2D eigenvalue weighted by Crippen LogP contribution is 2.22. The first-order valence-corrected chi connectivity index (χ1v) is 6.94. The molecule has 19 heavy (non-hydrogen) atoms. The van der Waals surface area contributed by atoms with Crippen LogP contribution in [0.15, 0.2) is 35.5 Å². The van der Waals surface area contributed by atoms with Crippen molar-refractivity contribution in [2.24, 2.45) is 0 Å². The van der Waals surface area contributed by atoms with Crippen molar-refractivity contribution in [1.82, 2.24) is 14.8 Å². The second-order valence-corrected chi connectivity index (χ2v) is 4.73. The molecule has 0 N–H and O–H groups in total. The number of carbonyl (C=O) groups is 1. The van der Waals surface area contributed by atoms with Crippen LogP contribution in [0.1, 0.15) is 12.7 Å². The van der Waals surface area contributed by atoms with Crippen molar-refractivity contribution in [3.05, 3.63) is 36.2 Å². The molecule has 0 aliphatic carbocycles. The maximum absolute atomic E-state index is 11.2. The zero-order chi connectivity index (χ0) is 13.7. The maximum atomic E-state index is 11.2. The van der Waals surface area contributed by atoms with Gasteiger partial charge >= 0.3 is 5.97 Å². The van der Waals surface area contributed by atoms with Gasteiger partial charge in [-0.05, 0) is 12.1 Å². The number of aromatic nitrogens is 3. The van der Waals surface area contributed by atoms with Crippen LogP contribution in [0.5, 0.6) is 0 Å². The number of para-hydroxylation sites is 1. The van der Waals surface area contributed by atoms with E-state index in [9.17, 15) is 4.79 Å². The maximum Gasteiger partial charge on any atom is 0.316 e. The summed E-state index contributed by atoms with van der Waals surface area (Å²) in [5, 5.41) is 8.99. The summed E-state index contributed by atoms with van der Waals surface area (Å²) in [7, 11) is 1.38. The van der Waals surface area contributed by atoms with Crippen molar-refractivity contribution in [3.63, 3.8) is 0 Å². The minimum absolute atomic E-state index is 0.227. The van der Waals surface area contributed by atoms with Gasteiger partial charge < -0.3 is 4.74 Å². The first-order valence-electron chi connectivity index (χ1n) is 5.95. The average Bonchev–Trinajstić information content (AvgIpc) is 2.88. The molecule has 0 atom stereocenters. The molecule has 0 saturated carbocycles. The fourth-order valence-corrected chi connectivity index (χ4v) is 2.44. The van der Waals surface area contributed by atoms with Crippen LogP contribution < -0.4 is 0 Å². The van der Waals surface area contributed by atoms with E-state index in [4.69, 9.17) is 0 Å². The number of thioether (sulfide) groups is 1. The molecule has 100 valence electrons. The van der Waals surface area contributed by atoms with Gasteiger partial charge in [0.2, 0.25) is 0 Å². The predicted octanol–water partition coefficient (Wildman–Crippen LogP) is 2.09. The largest absolute Gasteiger partial charge is 0.468 e. The van der Waals surface area contributed by atoms with Crippen LogP contribution in [0, 0.1) is 0 Å². The lowest BCUT2D eigenvalue weighted by atomic mass is 10.3. The van der Waals surface area contributed by atoms with E-state index < -0.39 is 0 Å². The summed E-state index contributed by atoms with van der Waals surface area (Å²) in [6.45, 7) is 2.03. The van der Waals surface area contributed by atoms with Crippen LogP contribution in [0.3, 0.4) is 0 Å². The zero-order valence-corrected chi connectivity index (χ0v) is 11.7. The number of rotatable bonds is 5. The van der Waals surface area contributed by atoms with Crippen LogP contribution in [0.4, 0.5) is 0 Å². The third-order valence-corrected chi connectivity index (χ3v) is 3.48. The summed E-state index contributed by atoms with van der Waals surface area (Å²) in [4.78, 5) is 11.2. The summed E-state index contributed by atoms with van der Waals surface area (Å²) in [6, 6.07) is 9.86. The van der Waals surface area contributed by atoms with E-state index >= 15 is 0 Å². The average molecular weight is 277 g/mol. The van der Waals surface area contributed by atoms with Crippen LogP contribution >= 0.6 is 11.8 Å². The van der Waals surface area contributed by atoms with Gasteiger partial charge in [-0.2, -0.15) is 0 Å². The molecule has 0 fully saturated rings. The van der Waals surface area contributed by atoms with Crippen molar-refractivity contribution in [2.75, 3.05) is 12.9 Å². The van der Waals surface area contributed by atoms with Gasteiger partial charge in [-0.25, -0.2) is 0 Å². The molecule has 2 aromatic rings. The van der Waals surface area contributed by atoms with Gasteiger partial charge in [-0.3, -0.25) is 9.36 Å². The zero-order valence-electron chi connectivity index (χ0n) is 10.9. The molecule has 6 heteroatoms. The Morgan fingerprint density at radius 2 is 2.05 bits per heavy atom. The smallest absolute Gasteiger partial charge is 0.316 e. The van der Waals surface area contributed by atoms with Gasteiger partial charge in [0.15, 0.2) is 5.16 Å². The number of hydrogen-bond acceptors (Lipinski definition) is 5. The molecule has 0 aliphatic heterocycles. The Hall–Kier alpha value is -1.82. The van der Waals surface area contributed by atoms with E-state index in [1.165, 1.54) is 18.9 Å². The fourth-order valence-electron chi connectivity index (χ4n) is 1.64. The van der Waals surface area contributed by atoms with Crippen molar-refractivity contribution in [1.29, 1.82) is 0 Å². The summed E-state index contributed by atoms with van der Waals surface area (Å²) in [6.07, 6.45) is 0.778. The third-order valence-electron chi connectivity index (χ3n) is 2.58. The number of aryl methyl sites for hydroxylation is 1. The SMILES string of the molecule is CCc1nnc(SCC(=O)OC)n1-c1ccccc1. The standard InChI is InChI=1S/C13H15N3O2S/c1-3-11-14-15-13(19-9-12(17)18-2)16(11)10-7-5-4-6-8-10/h4-8H,3,9H2,1-2H3. The van der Waals surface area contributed by atoms with E-state index in [0.29, 0.717) is 5.16 Å². The highest BCUT2D eigenvalue weighted by molar-refractivity contribution is 7.99. The van der Waals surface area contributed by atoms with E-state index in [0.717, 1.165) is 17.9 Å². The number of hydrogen-bond donors (Lipinski definition) is 0. The molecule has 0 spiro atoms. The third kappa shape index (κ3) is 3.14. The second-order valence-electron chi connectivity index (χ2n) is 3.79. The molecular weight excluding hydrogens is 262 g/mol. The minimum Gasteiger partial charge on any atom is -0.468 e. The number of ether oxygens (including phenoxy) is 1. The monoisotopic (exact) mass is 277 g/mol. The molecule has 0 saturated heterocycles. The molecule has 0 bridgehead atoms. The molecule has 0 amide bonds. The molecule has 5 nitrogen and oxygen atoms in total. The lowest BCUT2D eigenvalue weighted by molar-refractivity contribution is -0.137. The summed E-state index contributed by atoms with van der Waals surface area (Å²) in [5.41, 5.74) is 0.997. The molecule has 1 heterocycles. The molecule has 2 rings (SSSR count). The summed E-state index contributed by atoms with van der Waals surface area (Å²) in [5.74, 6) is 0.828. The lowest BCUT2D eigenvalue weighted by Gasteiger charge is -2.08. The Morgan fingerprint density at radius 1 is 1.32 bits per heavy atom. The normalized spacial score (nSPS) is 10.4. The van der Waals surface area contributed by atoms with Gasteiger partial charge in [0.1, 0.15) is 5.82 Å². The van der Waals surface area contributed by atoms with E-state index in [1.807, 2.05) is 41.8 Å². The molecular formula is C13H15N3O2S. The number of carbonyl (C=O) groups excluding carboxylic acids is 1. The van der Waals surface area contributed by atoms with Crippen molar-refractivity contribution in [3.8, 4) is 5.69 Å². The van der Waals surface area contributed by atoms with Crippen LogP contribution in [0.2, 0.25) is 0 Å². The number of methoxy groups -OCH3 is 1. The van der Waals surface area contributed by atoms with Gasteiger partial charge in [0.25, 0.3) is 0 Å². The summed E-state index contributed by atoms with van der Waals surface area (Å²) < 4.78 is 6.60. The van der Waals surface area contributed by atoms with E-state index in [2.05, 4.69) is 14.9 Å². The number of nitrogens with zero attached hydrogens (tertiary/aromatic N) is 3. The van der Waals surface area contributed by atoms with Gasteiger partial charge in [0.05, 0.1) is 12.9 Å². The van der Waals surface area contributed by atoms with E-state index in [-0.39, 0.29) is 11.7 Å². The molecule has 1 aromatic carbocycles. The van der Waals surface area contributed by atoms with Gasteiger partial charge in [0, 0.05) is 12.1 Å². The second kappa shape index (κ2) is 6.38. The molecule has 0 unspecified atom stereocenters. The number of esters is 1. The Morgan fingerprint density at radius 3 is 2.68 bits per heavy atom. The Bertz CT molecular complexity index is 554. The quantitative estimate of drug-likeness (QED) is 0.619. The Balaban J connectivity index is 2.30. The van der Waals surface area contributed by atoms with Crippen molar-refractivity contribution in [2.45, 2.75) is 18.5 Å². The highest BCUT2D eigenvalue weighted by Gasteiger charge is 2.14. The predicted molar refractivity (Wildman–Crippen MR) is 73.5 cm³/mol. The molecule has 0 radical (unpaired) electrons. The van der Waals surface area contributed by atoms with Crippen LogP contribution in [-0.4, -0.2) is 33.6 Å². The molecule has 0 aliphatic rings. The topological polar surface area (TPSA) is 57.0 Å². The number of benzene rings is 1. The minimum atomic E-state index is -0.273. The Kier molecular flexibility index (Phi) is 4.57. The van der Waals surface area contributed by atoms with Gasteiger partial charge in [-0.1, -0.05) is 36.9 Å².